The first-order valence-electron chi connectivity index (χ1n) is 5.86. The van der Waals surface area contributed by atoms with Gasteiger partial charge in [0.25, 0.3) is 0 Å². The number of pyridine rings is 1. The van der Waals surface area contributed by atoms with Crippen molar-refractivity contribution in [3.63, 3.8) is 0 Å². The summed E-state index contributed by atoms with van der Waals surface area (Å²) in [6.45, 7) is 0.829. The molecule has 3 heterocycles. The zero-order chi connectivity index (χ0) is 12.7. The van der Waals surface area contributed by atoms with Crippen LogP contribution in [-0.4, -0.2) is 36.6 Å². The molecule has 1 fully saturated rings. The molecule has 2 aliphatic heterocycles. The lowest BCUT2D eigenvalue weighted by atomic mass is 10.1. The third kappa shape index (κ3) is 1.53. The summed E-state index contributed by atoms with van der Waals surface area (Å²) >= 11 is 0. The monoisotopic (exact) mass is 247 g/mol. The Bertz CT molecular complexity index is 529. The smallest absolute Gasteiger partial charge is 0.339 e. The quantitative estimate of drug-likeness (QED) is 0.743. The summed E-state index contributed by atoms with van der Waals surface area (Å²) in [6, 6.07) is 1.50. The summed E-state index contributed by atoms with van der Waals surface area (Å²) < 4.78 is 4.64. The Labute approximate surface area is 104 Å². The second-order valence-corrected chi connectivity index (χ2v) is 4.43. The molecule has 18 heavy (non-hydrogen) atoms. The van der Waals surface area contributed by atoms with Gasteiger partial charge < -0.3 is 15.0 Å². The van der Waals surface area contributed by atoms with Gasteiger partial charge in [0.2, 0.25) is 5.91 Å². The summed E-state index contributed by atoms with van der Waals surface area (Å²) in [6.07, 6.45) is 3.32. The molecule has 3 rings (SSSR count). The molecule has 6 heteroatoms. The molecule has 1 N–H and O–H groups in total. The molecular formula is C12H13N3O3. The number of aromatic nitrogens is 1. The number of hydrogen-bond donors (Lipinski definition) is 1. The summed E-state index contributed by atoms with van der Waals surface area (Å²) in [7, 11) is 1.32. The summed E-state index contributed by atoms with van der Waals surface area (Å²) in [5.74, 6) is 0.261. The second-order valence-electron chi connectivity index (χ2n) is 4.43. The number of nitrogens with zero attached hydrogens (tertiary/aromatic N) is 2. The van der Waals surface area contributed by atoms with Crippen molar-refractivity contribution in [2.75, 3.05) is 23.9 Å². The first kappa shape index (κ1) is 11.0. The Kier molecular flexibility index (Phi) is 2.43. The molecule has 0 aliphatic carbocycles. The Morgan fingerprint density at radius 3 is 3.22 bits per heavy atom. The summed E-state index contributed by atoms with van der Waals surface area (Å²) in [4.78, 5) is 29.6. The van der Waals surface area contributed by atoms with E-state index in [2.05, 4.69) is 15.0 Å². The van der Waals surface area contributed by atoms with Gasteiger partial charge in [0.15, 0.2) is 5.82 Å². The Morgan fingerprint density at radius 1 is 1.61 bits per heavy atom. The van der Waals surface area contributed by atoms with E-state index in [1.54, 1.807) is 6.07 Å². The van der Waals surface area contributed by atoms with Crippen LogP contribution in [0, 0.1) is 0 Å². The summed E-state index contributed by atoms with van der Waals surface area (Å²) in [5.41, 5.74) is 0.926. The third-order valence-electron chi connectivity index (χ3n) is 3.37. The Hall–Kier alpha value is -2.11. The molecule has 2 aliphatic rings. The topological polar surface area (TPSA) is 71.5 Å². The fourth-order valence-electron chi connectivity index (χ4n) is 2.52. The minimum Gasteiger partial charge on any atom is -0.465 e. The van der Waals surface area contributed by atoms with Crippen LogP contribution in [0.1, 0.15) is 23.2 Å². The number of carbonyl (C=O) groups is 2. The van der Waals surface area contributed by atoms with E-state index < -0.39 is 5.97 Å². The van der Waals surface area contributed by atoms with Crippen LogP contribution in [0.25, 0.3) is 0 Å². The molecule has 1 aromatic rings. The molecule has 0 saturated carbocycles. The van der Waals surface area contributed by atoms with Crippen molar-refractivity contribution in [1.82, 2.24) is 4.98 Å². The van der Waals surface area contributed by atoms with Gasteiger partial charge in [-0.25, -0.2) is 9.78 Å². The van der Waals surface area contributed by atoms with Gasteiger partial charge in [-0.2, -0.15) is 0 Å². The zero-order valence-corrected chi connectivity index (χ0v) is 9.97. The minimum atomic E-state index is -0.455. The van der Waals surface area contributed by atoms with Crippen molar-refractivity contribution in [3.8, 4) is 0 Å². The lowest BCUT2D eigenvalue weighted by Gasteiger charge is -2.31. The predicted octanol–water partition coefficient (Wildman–Crippen LogP) is 0.789. The number of esters is 1. The first-order valence-corrected chi connectivity index (χ1v) is 5.86. The molecule has 0 radical (unpaired) electrons. The van der Waals surface area contributed by atoms with Crippen LogP contribution >= 0.6 is 0 Å². The van der Waals surface area contributed by atoms with Crippen molar-refractivity contribution in [2.45, 2.75) is 18.9 Å². The maximum absolute atomic E-state index is 11.9. The van der Waals surface area contributed by atoms with Gasteiger partial charge in [-0.05, 0) is 18.9 Å². The van der Waals surface area contributed by atoms with E-state index in [-0.39, 0.29) is 11.9 Å². The van der Waals surface area contributed by atoms with Gasteiger partial charge >= 0.3 is 5.97 Å². The van der Waals surface area contributed by atoms with Crippen LogP contribution in [-0.2, 0) is 9.53 Å². The van der Waals surface area contributed by atoms with E-state index in [9.17, 15) is 9.59 Å². The van der Waals surface area contributed by atoms with Gasteiger partial charge in [-0.1, -0.05) is 0 Å². The average molecular weight is 247 g/mol. The normalized spacial score (nSPS) is 21.1. The Balaban J connectivity index is 2.02. The Morgan fingerprint density at radius 2 is 2.44 bits per heavy atom. The zero-order valence-electron chi connectivity index (χ0n) is 9.97. The standard InChI is InChI=1S/C12H13N3O3/c1-18-12(17)7-5-8-10(13-6-7)15-4-2-3-9(15)11(16)14-8/h5-6,9H,2-4H2,1H3,(H,14,16)/t9-/m0/s1. The molecule has 0 spiro atoms. The highest BCUT2D eigenvalue weighted by atomic mass is 16.5. The third-order valence-corrected chi connectivity index (χ3v) is 3.37. The molecule has 1 saturated heterocycles. The highest BCUT2D eigenvalue weighted by Gasteiger charge is 2.37. The lowest BCUT2D eigenvalue weighted by Crippen LogP contribution is -2.44. The highest BCUT2D eigenvalue weighted by molar-refractivity contribution is 6.04. The SMILES string of the molecule is COC(=O)c1cnc2c(c1)NC(=O)[C@@H]1CCCN21. The number of ether oxygens (including phenoxy) is 1. The van der Waals surface area contributed by atoms with Crippen LogP contribution in [0.4, 0.5) is 11.5 Å². The fourth-order valence-corrected chi connectivity index (χ4v) is 2.52. The number of fused-ring (bicyclic) bond motifs is 3. The molecule has 0 unspecified atom stereocenters. The molecule has 1 amide bonds. The van der Waals surface area contributed by atoms with Crippen molar-refractivity contribution < 1.29 is 14.3 Å². The highest BCUT2D eigenvalue weighted by Crippen LogP contribution is 2.35. The number of amides is 1. The van der Waals surface area contributed by atoms with E-state index in [4.69, 9.17) is 0 Å². The van der Waals surface area contributed by atoms with Gasteiger partial charge in [0.05, 0.1) is 18.4 Å². The maximum atomic E-state index is 11.9. The lowest BCUT2D eigenvalue weighted by molar-refractivity contribution is -0.117. The number of rotatable bonds is 1. The number of hydrogen-bond acceptors (Lipinski definition) is 5. The van der Waals surface area contributed by atoms with Crippen molar-refractivity contribution in [3.05, 3.63) is 17.8 Å². The van der Waals surface area contributed by atoms with Crippen molar-refractivity contribution >= 4 is 23.4 Å². The minimum absolute atomic E-state index is 0.0242. The molecule has 6 nitrogen and oxygen atoms in total. The number of nitrogens with one attached hydrogen (secondary N) is 1. The van der Waals surface area contributed by atoms with E-state index >= 15 is 0 Å². The van der Waals surface area contributed by atoms with Gasteiger partial charge in [-0.3, -0.25) is 4.79 Å². The van der Waals surface area contributed by atoms with Gasteiger partial charge in [0.1, 0.15) is 6.04 Å². The van der Waals surface area contributed by atoms with E-state index in [0.717, 1.165) is 25.2 Å². The van der Waals surface area contributed by atoms with Crippen molar-refractivity contribution in [1.29, 1.82) is 0 Å². The van der Waals surface area contributed by atoms with E-state index in [1.165, 1.54) is 13.3 Å². The summed E-state index contributed by atoms with van der Waals surface area (Å²) in [5, 5.41) is 2.80. The van der Waals surface area contributed by atoms with Crippen LogP contribution in [0.15, 0.2) is 12.3 Å². The van der Waals surface area contributed by atoms with Gasteiger partial charge in [-0.15, -0.1) is 0 Å². The molecular weight excluding hydrogens is 234 g/mol. The average Bonchev–Trinajstić information content (AvgIpc) is 2.87. The van der Waals surface area contributed by atoms with Crippen molar-refractivity contribution in [2.24, 2.45) is 0 Å². The maximum Gasteiger partial charge on any atom is 0.339 e. The first-order chi connectivity index (χ1) is 8.70. The van der Waals surface area contributed by atoms with E-state index in [0.29, 0.717) is 11.3 Å². The largest absolute Gasteiger partial charge is 0.465 e. The predicted molar refractivity (Wildman–Crippen MR) is 64.6 cm³/mol. The van der Waals surface area contributed by atoms with Crippen LogP contribution < -0.4 is 10.2 Å². The fraction of sp³-hybridized carbons (Fsp3) is 0.417. The number of methoxy groups -OCH3 is 1. The molecule has 0 bridgehead atoms. The van der Waals surface area contributed by atoms with Crippen LogP contribution in [0.3, 0.4) is 0 Å². The van der Waals surface area contributed by atoms with Crippen LogP contribution in [0.2, 0.25) is 0 Å². The molecule has 94 valence electrons. The van der Waals surface area contributed by atoms with E-state index in [1.807, 2.05) is 4.90 Å². The molecule has 0 aromatic carbocycles. The second kappa shape index (κ2) is 3.97. The molecule has 1 aromatic heterocycles. The number of carbonyl (C=O) groups excluding carboxylic acids is 2. The van der Waals surface area contributed by atoms with Gasteiger partial charge in [0, 0.05) is 12.7 Å². The molecule has 1 atom stereocenters. The number of anilines is 2. The van der Waals surface area contributed by atoms with Crippen LogP contribution in [0.5, 0.6) is 0 Å².